The highest BCUT2D eigenvalue weighted by Crippen LogP contribution is 2.24. The number of carbonyl (C=O) groups excluding carboxylic acids is 1. The van der Waals surface area contributed by atoms with Gasteiger partial charge < -0.3 is 19.9 Å². The first-order valence-corrected chi connectivity index (χ1v) is 7.50. The molecule has 2 N–H and O–H groups in total. The SMILES string of the molecule is COc1ccc2ccc([C@H](CO)NC(=O)OC(C)(C)C)cc2c1. The Balaban J connectivity index is 2.23. The molecule has 0 saturated heterocycles. The lowest BCUT2D eigenvalue weighted by atomic mass is 10.0. The Kier molecular flexibility index (Phi) is 5.11. The van der Waals surface area contributed by atoms with Crippen molar-refractivity contribution in [1.82, 2.24) is 5.32 Å². The average Bonchev–Trinajstić information content (AvgIpc) is 2.49. The number of hydrogen-bond acceptors (Lipinski definition) is 4. The maximum absolute atomic E-state index is 11.9. The minimum absolute atomic E-state index is 0.214. The summed E-state index contributed by atoms with van der Waals surface area (Å²) in [6, 6.07) is 11.0. The van der Waals surface area contributed by atoms with Gasteiger partial charge in [-0.2, -0.15) is 0 Å². The molecule has 23 heavy (non-hydrogen) atoms. The van der Waals surface area contributed by atoms with Gasteiger partial charge in [0.15, 0.2) is 0 Å². The first-order chi connectivity index (χ1) is 10.8. The van der Waals surface area contributed by atoms with E-state index in [1.165, 1.54) is 0 Å². The molecular weight excluding hydrogens is 294 g/mol. The van der Waals surface area contributed by atoms with Crippen molar-refractivity contribution in [3.8, 4) is 5.75 Å². The third kappa shape index (κ3) is 4.60. The number of hydrogen-bond donors (Lipinski definition) is 2. The van der Waals surface area contributed by atoms with Gasteiger partial charge in [0.1, 0.15) is 11.4 Å². The fourth-order valence-electron chi connectivity index (χ4n) is 2.27. The Morgan fingerprint density at radius 2 is 1.87 bits per heavy atom. The molecule has 0 fully saturated rings. The van der Waals surface area contributed by atoms with Gasteiger partial charge in [-0.25, -0.2) is 4.79 Å². The maximum atomic E-state index is 11.9. The number of ether oxygens (including phenoxy) is 2. The molecule has 2 aromatic carbocycles. The van der Waals surface area contributed by atoms with Crippen molar-refractivity contribution < 1.29 is 19.4 Å². The van der Waals surface area contributed by atoms with E-state index in [0.29, 0.717) is 0 Å². The van der Waals surface area contributed by atoms with Crippen LogP contribution >= 0.6 is 0 Å². The second-order valence-corrected chi connectivity index (χ2v) is 6.35. The zero-order valence-electron chi connectivity index (χ0n) is 13.9. The normalized spacial score (nSPS) is 12.7. The highest BCUT2D eigenvalue weighted by atomic mass is 16.6. The third-order valence-electron chi connectivity index (χ3n) is 3.35. The largest absolute Gasteiger partial charge is 0.497 e. The van der Waals surface area contributed by atoms with E-state index in [1.54, 1.807) is 27.9 Å². The van der Waals surface area contributed by atoms with Crippen molar-refractivity contribution in [3.05, 3.63) is 42.0 Å². The number of aliphatic hydroxyl groups excluding tert-OH is 1. The molecule has 0 unspecified atom stereocenters. The van der Waals surface area contributed by atoms with E-state index in [9.17, 15) is 9.90 Å². The number of alkyl carbamates (subject to hydrolysis) is 1. The average molecular weight is 317 g/mol. The number of amides is 1. The summed E-state index contributed by atoms with van der Waals surface area (Å²) in [5.74, 6) is 0.760. The summed E-state index contributed by atoms with van der Waals surface area (Å²) in [5.41, 5.74) is 0.222. The van der Waals surface area contributed by atoms with Crippen molar-refractivity contribution >= 4 is 16.9 Å². The van der Waals surface area contributed by atoms with Gasteiger partial charge in [-0.1, -0.05) is 18.2 Å². The second-order valence-electron chi connectivity index (χ2n) is 6.35. The molecule has 1 atom stereocenters. The van der Waals surface area contributed by atoms with Gasteiger partial charge in [0.25, 0.3) is 0 Å². The number of methoxy groups -OCH3 is 1. The van der Waals surface area contributed by atoms with Crippen LogP contribution in [-0.2, 0) is 4.74 Å². The number of benzene rings is 2. The number of rotatable bonds is 4. The van der Waals surface area contributed by atoms with E-state index in [1.807, 2.05) is 36.4 Å². The first-order valence-electron chi connectivity index (χ1n) is 7.50. The van der Waals surface area contributed by atoms with Gasteiger partial charge in [0.2, 0.25) is 0 Å². The molecule has 1 amide bonds. The van der Waals surface area contributed by atoms with Gasteiger partial charge in [-0.3, -0.25) is 0 Å². The molecule has 0 radical (unpaired) electrons. The summed E-state index contributed by atoms with van der Waals surface area (Å²) in [5, 5.41) is 14.3. The van der Waals surface area contributed by atoms with Gasteiger partial charge in [0.05, 0.1) is 19.8 Å². The van der Waals surface area contributed by atoms with E-state index in [2.05, 4.69) is 5.32 Å². The van der Waals surface area contributed by atoms with Gasteiger partial charge >= 0.3 is 6.09 Å². The summed E-state index contributed by atoms with van der Waals surface area (Å²) in [6.07, 6.45) is -0.553. The summed E-state index contributed by atoms with van der Waals surface area (Å²) in [4.78, 5) is 11.9. The summed E-state index contributed by atoms with van der Waals surface area (Å²) >= 11 is 0. The van der Waals surface area contributed by atoms with Crippen molar-refractivity contribution in [2.75, 3.05) is 13.7 Å². The van der Waals surface area contributed by atoms with Crippen molar-refractivity contribution in [2.24, 2.45) is 0 Å². The molecule has 0 spiro atoms. The molecule has 124 valence electrons. The van der Waals surface area contributed by atoms with Crippen LogP contribution in [0.25, 0.3) is 10.8 Å². The molecule has 2 rings (SSSR count). The van der Waals surface area contributed by atoms with E-state index in [-0.39, 0.29) is 6.61 Å². The minimum Gasteiger partial charge on any atom is -0.497 e. The number of carbonyl (C=O) groups is 1. The van der Waals surface area contributed by atoms with Crippen molar-refractivity contribution in [1.29, 1.82) is 0 Å². The molecule has 0 saturated carbocycles. The topological polar surface area (TPSA) is 67.8 Å². The van der Waals surface area contributed by atoms with Crippen LogP contribution in [0.15, 0.2) is 36.4 Å². The Morgan fingerprint density at radius 1 is 1.17 bits per heavy atom. The predicted molar refractivity (Wildman–Crippen MR) is 89.7 cm³/mol. The van der Waals surface area contributed by atoms with Crippen LogP contribution < -0.4 is 10.1 Å². The summed E-state index contributed by atoms with van der Waals surface area (Å²) in [6.45, 7) is 5.17. The standard InChI is InChI=1S/C18H23NO4/c1-18(2,3)23-17(21)19-16(11-20)13-6-5-12-7-8-15(22-4)10-14(12)9-13/h5-10,16,20H,11H2,1-4H3,(H,19,21)/t16-/m0/s1. The van der Waals surface area contributed by atoms with Crippen molar-refractivity contribution in [2.45, 2.75) is 32.4 Å². The summed E-state index contributed by atoms with van der Waals surface area (Å²) in [7, 11) is 1.62. The van der Waals surface area contributed by atoms with E-state index in [4.69, 9.17) is 9.47 Å². The van der Waals surface area contributed by atoms with Crippen LogP contribution in [-0.4, -0.2) is 30.5 Å². The molecule has 0 aliphatic heterocycles. The molecule has 5 nitrogen and oxygen atoms in total. The smallest absolute Gasteiger partial charge is 0.408 e. The maximum Gasteiger partial charge on any atom is 0.408 e. The van der Waals surface area contributed by atoms with Crippen LogP contribution in [0.2, 0.25) is 0 Å². The van der Waals surface area contributed by atoms with Crippen LogP contribution in [0.3, 0.4) is 0 Å². The second kappa shape index (κ2) is 6.87. The summed E-state index contributed by atoms with van der Waals surface area (Å²) < 4.78 is 10.5. The van der Waals surface area contributed by atoms with Crippen LogP contribution in [0.1, 0.15) is 32.4 Å². The predicted octanol–water partition coefficient (Wildman–Crippen LogP) is 3.41. The molecule has 0 bridgehead atoms. The lowest BCUT2D eigenvalue weighted by Crippen LogP contribution is -2.36. The molecule has 0 aliphatic rings. The Hall–Kier alpha value is -2.27. The van der Waals surface area contributed by atoms with Crippen LogP contribution in [0.5, 0.6) is 5.75 Å². The Morgan fingerprint density at radius 3 is 2.48 bits per heavy atom. The van der Waals surface area contributed by atoms with E-state index < -0.39 is 17.7 Å². The van der Waals surface area contributed by atoms with Gasteiger partial charge in [-0.05, 0) is 55.3 Å². The van der Waals surface area contributed by atoms with Gasteiger partial charge in [0, 0.05) is 0 Å². The number of fused-ring (bicyclic) bond motifs is 1. The fraction of sp³-hybridized carbons (Fsp3) is 0.389. The fourth-order valence-corrected chi connectivity index (χ4v) is 2.27. The molecule has 0 aliphatic carbocycles. The van der Waals surface area contributed by atoms with E-state index in [0.717, 1.165) is 22.1 Å². The lowest BCUT2D eigenvalue weighted by molar-refractivity contribution is 0.0482. The molecular formula is C18H23NO4. The number of nitrogens with one attached hydrogen (secondary N) is 1. The zero-order valence-corrected chi connectivity index (χ0v) is 13.9. The minimum atomic E-state index is -0.583. The Labute approximate surface area is 136 Å². The van der Waals surface area contributed by atoms with Crippen LogP contribution in [0.4, 0.5) is 4.79 Å². The van der Waals surface area contributed by atoms with Gasteiger partial charge in [-0.15, -0.1) is 0 Å². The molecule has 0 aromatic heterocycles. The highest BCUT2D eigenvalue weighted by molar-refractivity contribution is 5.84. The van der Waals surface area contributed by atoms with Crippen molar-refractivity contribution in [3.63, 3.8) is 0 Å². The first kappa shape index (κ1) is 17.1. The number of aliphatic hydroxyl groups is 1. The highest BCUT2D eigenvalue weighted by Gasteiger charge is 2.20. The third-order valence-corrected chi connectivity index (χ3v) is 3.35. The van der Waals surface area contributed by atoms with E-state index >= 15 is 0 Å². The molecule has 2 aromatic rings. The lowest BCUT2D eigenvalue weighted by Gasteiger charge is -2.23. The molecule has 5 heteroatoms. The quantitative estimate of drug-likeness (QED) is 0.907. The monoisotopic (exact) mass is 317 g/mol. The zero-order chi connectivity index (χ0) is 17.0. The Bertz CT molecular complexity index is 691. The molecule has 0 heterocycles. The van der Waals surface area contributed by atoms with Crippen LogP contribution in [0, 0.1) is 0 Å².